The summed E-state index contributed by atoms with van der Waals surface area (Å²) in [7, 11) is 0. The first-order valence-corrected chi connectivity index (χ1v) is 11.5. The lowest BCUT2D eigenvalue weighted by molar-refractivity contribution is -0.126. The van der Waals surface area contributed by atoms with Crippen molar-refractivity contribution in [3.63, 3.8) is 0 Å². The van der Waals surface area contributed by atoms with Crippen LogP contribution in [0, 0.1) is 11.8 Å². The van der Waals surface area contributed by atoms with E-state index in [1.54, 1.807) is 0 Å². The molecule has 1 N–H and O–H groups in total. The molecule has 29 heavy (non-hydrogen) atoms. The van der Waals surface area contributed by atoms with Crippen LogP contribution in [0.1, 0.15) is 70.3 Å². The van der Waals surface area contributed by atoms with Gasteiger partial charge in [-0.25, -0.2) is 0 Å². The van der Waals surface area contributed by atoms with E-state index in [0.717, 1.165) is 56.3 Å². The molecular weight excluding hydrogens is 366 g/mol. The summed E-state index contributed by atoms with van der Waals surface area (Å²) >= 11 is 0. The van der Waals surface area contributed by atoms with Gasteiger partial charge in [0, 0.05) is 31.1 Å². The summed E-state index contributed by atoms with van der Waals surface area (Å²) in [6.07, 6.45) is 10.2. The molecule has 1 amide bonds. The summed E-state index contributed by atoms with van der Waals surface area (Å²) < 4.78 is 16.7. The van der Waals surface area contributed by atoms with Gasteiger partial charge in [-0.3, -0.25) is 4.79 Å². The molecule has 0 aromatic heterocycles. The number of hydrogen-bond acceptors (Lipinski definition) is 4. The molecule has 1 aromatic carbocycles. The third-order valence-electron chi connectivity index (χ3n) is 7.22. The van der Waals surface area contributed by atoms with Crippen LogP contribution in [0.15, 0.2) is 18.2 Å². The Kier molecular flexibility index (Phi) is 6.63. The smallest absolute Gasteiger partial charge is 0.231 e. The largest absolute Gasteiger partial charge is 0.454 e. The summed E-state index contributed by atoms with van der Waals surface area (Å²) in [6.45, 7) is 4.67. The summed E-state index contributed by atoms with van der Waals surface area (Å²) in [4.78, 5) is 12.9. The molecule has 1 aliphatic carbocycles. The molecule has 1 saturated carbocycles. The van der Waals surface area contributed by atoms with Crippen LogP contribution in [0.4, 0.5) is 0 Å². The molecule has 5 heteroatoms. The molecule has 2 aliphatic heterocycles. The molecule has 3 aliphatic rings. The van der Waals surface area contributed by atoms with E-state index in [4.69, 9.17) is 14.2 Å². The number of fused-ring (bicyclic) bond motifs is 1. The zero-order valence-corrected chi connectivity index (χ0v) is 17.7. The number of carbonyl (C=O) groups excluding carboxylic acids is 1. The van der Waals surface area contributed by atoms with Gasteiger partial charge in [-0.1, -0.05) is 32.3 Å². The highest BCUT2D eigenvalue weighted by atomic mass is 16.7. The highest BCUT2D eigenvalue weighted by molar-refractivity contribution is 5.78. The van der Waals surface area contributed by atoms with Gasteiger partial charge >= 0.3 is 0 Å². The van der Waals surface area contributed by atoms with E-state index in [0.29, 0.717) is 6.54 Å². The Balaban J connectivity index is 1.37. The molecule has 160 valence electrons. The first kappa shape index (κ1) is 20.5. The second-order valence-electron chi connectivity index (χ2n) is 9.04. The third-order valence-corrected chi connectivity index (χ3v) is 7.22. The number of hydrogen-bond donors (Lipinski definition) is 1. The number of carbonyl (C=O) groups is 1. The van der Waals surface area contributed by atoms with Crippen LogP contribution in [-0.2, 0) is 14.9 Å². The lowest BCUT2D eigenvalue weighted by Crippen LogP contribution is -2.46. The topological polar surface area (TPSA) is 56.8 Å². The van der Waals surface area contributed by atoms with E-state index in [-0.39, 0.29) is 24.0 Å². The van der Waals surface area contributed by atoms with E-state index < -0.39 is 0 Å². The minimum absolute atomic E-state index is 0.0901. The van der Waals surface area contributed by atoms with Gasteiger partial charge < -0.3 is 19.5 Å². The van der Waals surface area contributed by atoms with Crippen molar-refractivity contribution < 1.29 is 19.0 Å². The SMILES string of the molecule is CCCCC1CCC(C(=O)NCC2(c3ccc4c(c3)OCO4)CCOCC2)CC1. The second kappa shape index (κ2) is 9.38. The van der Waals surface area contributed by atoms with Crippen molar-refractivity contribution in [1.29, 1.82) is 0 Å². The van der Waals surface area contributed by atoms with Gasteiger partial charge in [-0.15, -0.1) is 0 Å². The molecule has 0 radical (unpaired) electrons. The normalized spacial score (nSPS) is 25.6. The Morgan fingerprint density at radius 1 is 1.10 bits per heavy atom. The Morgan fingerprint density at radius 2 is 1.86 bits per heavy atom. The second-order valence-corrected chi connectivity index (χ2v) is 9.04. The Labute approximate surface area is 174 Å². The van der Waals surface area contributed by atoms with E-state index >= 15 is 0 Å². The third kappa shape index (κ3) is 4.71. The van der Waals surface area contributed by atoms with Crippen molar-refractivity contribution in [2.45, 2.75) is 70.1 Å². The van der Waals surface area contributed by atoms with E-state index in [1.807, 2.05) is 6.07 Å². The maximum absolute atomic E-state index is 12.9. The van der Waals surface area contributed by atoms with Gasteiger partial charge in [-0.2, -0.15) is 0 Å². The Morgan fingerprint density at radius 3 is 2.62 bits per heavy atom. The van der Waals surface area contributed by atoms with Gasteiger partial charge in [0.2, 0.25) is 12.7 Å². The van der Waals surface area contributed by atoms with Gasteiger partial charge in [-0.05, 0) is 62.1 Å². The maximum atomic E-state index is 12.9. The van der Waals surface area contributed by atoms with Crippen LogP contribution in [0.25, 0.3) is 0 Å². The van der Waals surface area contributed by atoms with E-state index in [9.17, 15) is 4.79 Å². The predicted octanol–water partition coefficient (Wildman–Crippen LogP) is 4.58. The van der Waals surface area contributed by atoms with Gasteiger partial charge in [0.25, 0.3) is 0 Å². The minimum Gasteiger partial charge on any atom is -0.454 e. The fourth-order valence-electron chi connectivity index (χ4n) is 5.16. The first-order valence-electron chi connectivity index (χ1n) is 11.5. The number of benzene rings is 1. The van der Waals surface area contributed by atoms with Gasteiger partial charge in [0.15, 0.2) is 11.5 Å². The van der Waals surface area contributed by atoms with Crippen molar-refractivity contribution in [2.24, 2.45) is 11.8 Å². The fraction of sp³-hybridized carbons (Fsp3) is 0.708. The summed E-state index contributed by atoms with van der Waals surface area (Å²) in [5.41, 5.74) is 1.13. The predicted molar refractivity (Wildman–Crippen MR) is 112 cm³/mol. The van der Waals surface area contributed by atoms with E-state index in [1.165, 1.54) is 37.7 Å². The number of nitrogens with one attached hydrogen (secondary N) is 1. The lowest BCUT2D eigenvalue weighted by Gasteiger charge is -2.38. The van der Waals surface area contributed by atoms with Gasteiger partial charge in [0.05, 0.1) is 0 Å². The van der Waals surface area contributed by atoms with Crippen LogP contribution < -0.4 is 14.8 Å². The molecule has 0 bridgehead atoms. The molecular formula is C24H35NO4. The monoisotopic (exact) mass is 401 g/mol. The number of unbranched alkanes of at least 4 members (excludes halogenated alkanes) is 1. The Bertz CT molecular complexity index is 690. The van der Waals surface area contributed by atoms with Crippen LogP contribution in [0.5, 0.6) is 11.5 Å². The molecule has 4 rings (SSSR count). The van der Waals surface area contributed by atoms with Crippen molar-refractivity contribution in [3.8, 4) is 11.5 Å². The summed E-state index contributed by atoms with van der Waals surface area (Å²) in [6, 6.07) is 6.22. The number of amides is 1. The fourth-order valence-corrected chi connectivity index (χ4v) is 5.16. The van der Waals surface area contributed by atoms with Crippen molar-refractivity contribution in [2.75, 3.05) is 26.6 Å². The average molecular weight is 402 g/mol. The summed E-state index contributed by atoms with van der Waals surface area (Å²) in [5.74, 6) is 2.87. The maximum Gasteiger partial charge on any atom is 0.231 e. The molecule has 1 saturated heterocycles. The molecule has 0 unspecified atom stereocenters. The van der Waals surface area contributed by atoms with Crippen LogP contribution >= 0.6 is 0 Å². The number of ether oxygens (including phenoxy) is 3. The molecule has 2 heterocycles. The van der Waals surface area contributed by atoms with Gasteiger partial charge in [0.1, 0.15) is 0 Å². The molecule has 2 fully saturated rings. The van der Waals surface area contributed by atoms with Crippen LogP contribution in [0.3, 0.4) is 0 Å². The van der Waals surface area contributed by atoms with Crippen LogP contribution in [0.2, 0.25) is 0 Å². The molecule has 0 atom stereocenters. The van der Waals surface area contributed by atoms with Crippen molar-refractivity contribution in [3.05, 3.63) is 23.8 Å². The average Bonchev–Trinajstić information content (AvgIpc) is 3.25. The quantitative estimate of drug-likeness (QED) is 0.727. The Hall–Kier alpha value is -1.75. The highest BCUT2D eigenvalue weighted by Crippen LogP contribution is 2.41. The lowest BCUT2D eigenvalue weighted by atomic mass is 9.73. The number of rotatable bonds is 7. The van der Waals surface area contributed by atoms with Crippen molar-refractivity contribution >= 4 is 5.91 Å². The van der Waals surface area contributed by atoms with Crippen LogP contribution in [-0.4, -0.2) is 32.5 Å². The molecule has 5 nitrogen and oxygen atoms in total. The standard InChI is InChI=1S/C24H35NO4/c1-2-3-4-18-5-7-19(8-6-18)23(26)25-16-24(11-13-27-14-12-24)20-9-10-21-22(15-20)29-17-28-21/h9-10,15,18-19H,2-8,11-14,16-17H2,1H3,(H,25,26). The molecule has 1 aromatic rings. The summed E-state index contributed by atoms with van der Waals surface area (Å²) in [5, 5.41) is 3.32. The zero-order chi connectivity index (χ0) is 20.1. The van der Waals surface area contributed by atoms with Crippen molar-refractivity contribution in [1.82, 2.24) is 5.32 Å². The van der Waals surface area contributed by atoms with E-state index in [2.05, 4.69) is 24.4 Å². The minimum atomic E-state index is -0.0901. The molecule has 0 spiro atoms. The highest BCUT2D eigenvalue weighted by Gasteiger charge is 2.37. The zero-order valence-electron chi connectivity index (χ0n) is 17.7. The first-order chi connectivity index (χ1) is 14.2.